The summed E-state index contributed by atoms with van der Waals surface area (Å²) in [6, 6.07) is 1.45. The van der Waals surface area contributed by atoms with Crippen molar-refractivity contribution in [1.29, 1.82) is 0 Å². The Morgan fingerprint density at radius 2 is 2.10 bits per heavy atom. The minimum absolute atomic E-state index is 0.0252. The van der Waals surface area contributed by atoms with Crippen LogP contribution in [-0.4, -0.2) is 19.4 Å². The van der Waals surface area contributed by atoms with E-state index in [1.165, 1.54) is 12.3 Å². The third-order valence-electron chi connectivity index (χ3n) is 4.15. The van der Waals surface area contributed by atoms with E-state index in [0.29, 0.717) is 16.3 Å². The van der Waals surface area contributed by atoms with Crippen molar-refractivity contribution in [2.75, 3.05) is 5.73 Å². The van der Waals surface area contributed by atoms with Crippen LogP contribution in [0.2, 0.25) is 0 Å². The number of hydrogen-bond acceptors (Lipinski definition) is 4. The highest BCUT2D eigenvalue weighted by molar-refractivity contribution is 9.10. The second-order valence-electron chi connectivity index (χ2n) is 5.53. The van der Waals surface area contributed by atoms with Crippen LogP contribution in [0.5, 0.6) is 0 Å². The molecule has 5 nitrogen and oxygen atoms in total. The van der Waals surface area contributed by atoms with Crippen molar-refractivity contribution in [1.82, 2.24) is 9.71 Å². The molecule has 112 valence electrons. The van der Waals surface area contributed by atoms with E-state index in [0.717, 1.165) is 19.3 Å². The lowest BCUT2D eigenvalue weighted by Gasteiger charge is -2.34. The van der Waals surface area contributed by atoms with Crippen LogP contribution >= 0.6 is 15.9 Å². The lowest BCUT2D eigenvalue weighted by molar-refractivity contribution is 0.227. The molecule has 0 bridgehead atoms. The van der Waals surface area contributed by atoms with Crippen LogP contribution in [-0.2, 0) is 10.0 Å². The van der Waals surface area contributed by atoms with E-state index in [9.17, 15) is 8.42 Å². The van der Waals surface area contributed by atoms with Crippen LogP contribution in [0.4, 0.5) is 5.82 Å². The Morgan fingerprint density at radius 3 is 2.80 bits per heavy atom. The lowest BCUT2D eigenvalue weighted by atomic mass is 9.78. The number of sulfonamides is 1. The molecule has 3 atom stereocenters. The highest BCUT2D eigenvalue weighted by Crippen LogP contribution is 2.31. The molecular formula is C13H20BrN3O2S. The smallest absolute Gasteiger partial charge is 0.244 e. The molecule has 1 aromatic rings. The van der Waals surface area contributed by atoms with Crippen LogP contribution < -0.4 is 10.5 Å². The van der Waals surface area contributed by atoms with Crippen molar-refractivity contribution in [2.24, 2.45) is 11.8 Å². The Balaban J connectivity index is 2.25. The number of nitrogen functional groups attached to an aromatic ring is 1. The van der Waals surface area contributed by atoms with Gasteiger partial charge in [-0.15, -0.1) is 0 Å². The topological polar surface area (TPSA) is 85.1 Å². The van der Waals surface area contributed by atoms with Crippen molar-refractivity contribution in [3.8, 4) is 0 Å². The molecule has 20 heavy (non-hydrogen) atoms. The fraction of sp³-hybridized carbons (Fsp3) is 0.615. The molecule has 1 aliphatic carbocycles. The normalized spacial score (nSPS) is 27.4. The summed E-state index contributed by atoms with van der Waals surface area (Å²) in [6.07, 6.45) is 4.55. The largest absolute Gasteiger partial charge is 0.383 e. The van der Waals surface area contributed by atoms with Gasteiger partial charge in [0, 0.05) is 16.7 Å². The molecule has 0 saturated heterocycles. The average molecular weight is 362 g/mol. The monoisotopic (exact) mass is 361 g/mol. The predicted octanol–water partition coefficient (Wildman–Crippen LogP) is 2.53. The van der Waals surface area contributed by atoms with Crippen molar-refractivity contribution < 1.29 is 8.42 Å². The van der Waals surface area contributed by atoms with Gasteiger partial charge in [-0.1, -0.05) is 26.7 Å². The number of nitrogens with one attached hydrogen (secondary N) is 1. The van der Waals surface area contributed by atoms with E-state index in [2.05, 4.69) is 39.5 Å². The third kappa shape index (κ3) is 3.32. The van der Waals surface area contributed by atoms with Crippen molar-refractivity contribution in [2.45, 2.75) is 44.0 Å². The maximum absolute atomic E-state index is 12.5. The average Bonchev–Trinajstić information content (AvgIpc) is 2.37. The fourth-order valence-electron chi connectivity index (χ4n) is 2.66. The second kappa shape index (κ2) is 5.99. The minimum Gasteiger partial charge on any atom is -0.383 e. The Bertz CT molecular complexity index is 591. The number of anilines is 1. The van der Waals surface area contributed by atoms with E-state index in [1.54, 1.807) is 0 Å². The van der Waals surface area contributed by atoms with Crippen LogP contribution in [0.15, 0.2) is 21.6 Å². The Morgan fingerprint density at radius 1 is 1.40 bits per heavy atom. The lowest BCUT2D eigenvalue weighted by Crippen LogP contribution is -2.43. The molecule has 0 radical (unpaired) electrons. The van der Waals surface area contributed by atoms with Crippen LogP contribution in [0.25, 0.3) is 0 Å². The summed E-state index contributed by atoms with van der Waals surface area (Å²) in [6.45, 7) is 4.26. The van der Waals surface area contributed by atoms with Gasteiger partial charge in [0.05, 0.1) is 0 Å². The van der Waals surface area contributed by atoms with E-state index in [1.807, 2.05) is 0 Å². The molecule has 1 fully saturated rings. The molecule has 1 aliphatic rings. The Hall–Kier alpha value is -0.660. The maximum atomic E-state index is 12.5. The molecule has 1 saturated carbocycles. The number of rotatable bonds is 3. The van der Waals surface area contributed by atoms with Crippen molar-refractivity contribution >= 4 is 31.8 Å². The van der Waals surface area contributed by atoms with E-state index < -0.39 is 10.0 Å². The molecule has 0 spiro atoms. The zero-order chi connectivity index (χ0) is 14.9. The first-order valence-electron chi connectivity index (χ1n) is 6.74. The summed E-state index contributed by atoms with van der Waals surface area (Å²) in [5, 5.41) is 0. The summed E-state index contributed by atoms with van der Waals surface area (Å²) >= 11 is 3.23. The molecule has 3 N–H and O–H groups in total. The fourth-order valence-corrected chi connectivity index (χ4v) is 4.61. The van der Waals surface area contributed by atoms with Gasteiger partial charge >= 0.3 is 0 Å². The first kappa shape index (κ1) is 15.7. The molecule has 0 aliphatic heterocycles. The van der Waals surface area contributed by atoms with Gasteiger partial charge in [0.2, 0.25) is 10.0 Å². The van der Waals surface area contributed by atoms with Gasteiger partial charge in [0.15, 0.2) is 0 Å². The van der Waals surface area contributed by atoms with Crippen LogP contribution in [0.1, 0.15) is 33.1 Å². The molecule has 0 unspecified atom stereocenters. The van der Waals surface area contributed by atoms with E-state index in [-0.39, 0.29) is 16.8 Å². The summed E-state index contributed by atoms with van der Waals surface area (Å²) in [5.74, 6) is 0.867. The number of halogens is 1. The van der Waals surface area contributed by atoms with Crippen LogP contribution in [0.3, 0.4) is 0 Å². The van der Waals surface area contributed by atoms with Gasteiger partial charge < -0.3 is 5.73 Å². The maximum Gasteiger partial charge on any atom is 0.244 e. The van der Waals surface area contributed by atoms with Crippen molar-refractivity contribution in [3.05, 3.63) is 16.7 Å². The standard InChI is InChI=1S/C13H20BrN3O2S/c1-8-4-3-5-11(9(8)2)17-20(18,19)12-6-10(14)7-16-13(12)15/h6-9,11,17H,3-5H2,1-2H3,(H2,15,16)/t8-,9-,11-/m1/s1. The molecule has 0 aromatic carbocycles. The zero-order valence-corrected chi connectivity index (χ0v) is 14.0. The zero-order valence-electron chi connectivity index (χ0n) is 11.6. The van der Waals surface area contributed by atoms with Gasteiger partial charge in [-0.3, -0.25) is 0 Å². The predicted molar refractivity (Wildman–Crippen MR) is 82.6 cm³/mol. The summed E-state index contributed by atoms with van der Waals surface area (Å²) in [7, 11) is -3.64. The van der Waals surface area contributed by atoms with Crippen LogP contribution in [0, 0.1) is 11.8 Å². The van der Waals surface area contributed by atoms with Gasteiger partial charge in [-0.25, -0.2) is 18.1 Å². The summed E-state index contributed by atoms with van der Waals surface area (Å²) in [4.78, 5) is 3.92. The first-order valence-corrected chi connectivity index (χ1v) is 9.02. The Kier molecular flexibility index (Phi) is 4.71. The van der Waals surface area contributed by atoms with Gasteiger partial charge in [-0.2, -0.15) is 0 Å². The number of aromatic nitrogens is 1. The minimum atomic E-state index is -3.64. The summed E-state index contributed by atoms with van der Waals surface area (Å²) < 4.78 is 28.3. The number of nitrogens with zero attached hydrogens (tertiary/aromatic N) is 1. The Labute approximate surface area is 128 Å². The number of nitrogens with two attached hydrogens (primary N) is 1. The molecule has 0 amide bonds. The van der Waals surface area contributed by atoms with Gasteiger partial charge in [0.1, 0.15) is 10.7 Å². The SMILES string of the molecule is C[C@@H]1[C@H](C)CCC[C@H]1NS(=O)(=O)c1cc(Br)cnc1N. The highest BCUT2D eigenvalue weighted by Gasteiger charge is 2.31. The highest BCUT2D eigenvalue weighted by atomic mass is 79.9. The number of pyridine rings is 1. The van der Waals surface area contributed by atoms with Gasteiger partial charge in [-0.05, 0) is 40.3 Å². The first-order chi connectivity index (χ1) is 9.31. The number of hydrogen-bond donors (Lipinski definition) is 2. The second-order valence-corrected chi connectivity index (χ2v) is 8.13. The molecule has 2 rings (SSSR count). The molecule has 1 aromatic heterocycles. The summed E-state index contributed by atoms with van der Waals surface area (Å²) in [5.41, 5.74) is 5.69. The van der Waals surface area contributed by atoms with E-state index in [4.69, 9.17) is 5.73 Å². The van der Waals surface area contributed by atoms with E-state index >= 15 is 0 Å². The molecule has 7 heteroatoms. The quantitative estimate of drug-likeness (QED) is 0.865. The van der Waals surface area contributed by atoms with Crippen molar-refractivity contribution in [3.63, 3.8) is 0 Å². The van der Waals surface area contributed by atoms with Gasteiger partial charge in [0.25, 0.3) is 0 Å². The third-order valence-corrected chi connectivity index (χ3v) is 6.10. The molecular weight excluding hydrogens is 342 g/mol. The molecule has 1 heterocycles.